The summed E-state index contributed by atoms with van der Waals surface area (Å²) in [6, 6.07) is 7.15. The van der Waals surface area contributed by atoms with E-state index in [1.165, 1.54) is 6.92 Å². The molecule has 6 N–H and O–H groups in total. The van der Waals surface area contributed by atoms with Crippen molar-refractivity contribution in [2.45, 2.75) is 140 Å². The summed E-state index contributed by atoms with van der Waals surface area (Å²) >= 11 is 5.76. The first-order valence-electron chi connectivity index (χ1n) is 20.8. The molecule has 28 heteroatoms. The zero-order chi connectivity index (χ0) is 53.0. The highest BCUT2D eigenvalue weighted by Crippen LogP contribution is 2.49. The first-order valence-corrected chi connectivity index (χ1v) is 24.9. The molecule has 3 unspecified atom stereocenters. The largest absolute Gasteiger partial charge is 0.505 e. The van der Waals surface area contributed by atoms with E-state index in [0.717, 1.165) is 50.0 Å². The average molecular weight is 1050 g/mol. The number of aliphatic hydroxyl groups excluding tert-OH is 3. The van der Waals surface area contributed by atoms with Gasteiger partial charge in [-0.05, 0) is 84.2 Å². The Bertz CT molecular complexity index is 2120. The van der Waals surface area contributed by atoms with E-state index in [2.05, 4.69) is 14.3 Å². The molecule has 5 rings (SSSR count). The number of carbonyl (C=O) groups is 6. The number of carbonyl (C=O) groups excluding carboxylic acids is 6. The number of ketones is 2. The number of ether oxygens (including phenoxy) is 4. The van der Waals surface area contributed by atoms with Gasteiger partial charge in [0.05, 0.1) is 25.0 Å². The van der Waals surface area contributed by atoms with Gasteiger partial charge in [-0.1, -0.05) is 18.2 Å². The molecule has 1 aromatic carbocycles. The Kier molecular flexibility index (Phi) is 22.2. The van der Waals surface area contributed by atoms with E-state index in [-0.39, 0.29) is 18.2 Å². The minimum Gasteiger partial charge on any atom is -0.462 e. The number of rotatable bonds is 14. The molecule has 1 aromatic rings. The van der Waals surface area contributed by atoms with Crippen molar-refractivity contribution < 1.29 is 98.8 Å². The quantitative estimate of drug-likeness (QED) is 0.0765. The van der Waals surface area contributed by atoms with Gasteiger partial charge in [-0.15, -0.1) is 4.52 Å². The fourth-order valence-corrected chi connectivity index (χ4v) is 8.08. The van der Waals surface area contributed by atoms with Gasteiger partial charge in [0, 0.05) is 23.6 Å². The van der Waals surface area contributed by atoms with Crippen LogP contribution in [0, 0.1) is 0 Å². The van der Waals surface area contributed by atoms with Gasteiger partial charge in [0.25, 0.3) is 11.7 Å². The molecule has 4 heterocycles. The predicted octanol–water partition coefficient (Wildman–Crippen LogP) is 3.83. The Morgan fingerprint density at radius 3 is 1.62 bits per heavy atom. The summed E-state index contributed by atoms with van der Waals surface area (Å²) in [4.78, 5) is 69.1. The highest BCUT2D eigenvalue weighted by Gasteiger charge is 2.67. The number of nitrogens with two attached hydrogens (primary N) is 1. The molecule has 4 aliphatic heterocycles. The fraction of sp³-hybridized carbons (Fsp3) is 0.610. The molecule has 0 radical (unpaired) electrons. The zero-order valence-corrected chi connectivity index (χ0v) is 41.5. The van der Waals surface area contributed by atoms with E-state index in [9.17, 15) is 65.7 Å². The van der Waals surface area contributed by atoms with Crippen LogP contribution in [0.3, 0.4) is 0 Å². The second kappa shape index (κ2) is 25.2. The number of allylic oxidation sites excluding steroid dienone is 2. The topological polar surface area (TPSA) is 297 Å². The average Bonchev–Trinajstić information content (AvgIpc) is 3.53. The van der Waals surface area contributed by atoms with Crippen LogP contribution in [0.1, 0.15) is 68.2 Å². The second-order valence-corrected chi connectivity index (χ2v) is 20.4. The maximum Gasteiger partial charge on any atom is 0.505 e. The van der Waals surface area contributed by atoms with Crippen LogP contribution in [-0.2, 0) is 61.4 Å². The molecule has 21 nitrogen and oxygen atoms in total. The van der Waals surface area contributed by atoms with Crippen LogP contribution in [0.15, 0.2) is 54.9 Å². The number of aliphatic hydroxyl groups is 3. The van der Waals surface area contributed by atoms with Gasteiger partial charge in [-0.25, -0.2) is 27.2 Å². The van der Waals surface area contributed by atoms with Gasteiger partial charge in [0.2, 0.25) is 11.8 Å². The maximum absolute atomic E-state index is 14.7. The van der Waals surface area contributed by atoms with Gasteiger partial charge in [0.1, 0.15) is 24.4 Å². The molecular formula is C41H58ClF4N4O17P2+. The lowest BCUT2D eigenvalue weighted by molar-refractivity contribution is -0.212. The van der Waals surface area contributed by atoms with Crippen molar-refractivity contribution in [1.82, 2.24) is 14.9 Å². The number of amides is 2. The third-order valence-electron chi connectivity index (χ3n) is 9.44. The van der Waals surface area contributed by atoms with E-state index in [1.54, 1.807) is 65.0 Å². The van der Waals surface area contributed by atoms with Crippen LogP contribution in [0.2, 0.25) is 0 Å². The number of esters is 2. The Morgan fingerprint density at radius 1 is 0.841 bits per heavy atom. The van der Waals surface area contributed by atoms with E-state index in [0.29, 0.717) is 10.6 Å². The highest BCUT2D eigenvalue weighted by atomic mass is 35.7. The Balaban J connectivity index is 0.000000327. The highest BCUT2D eigenvalue weighted by molar-refractivity contribution is 7.84. The number of para-hydroxylation sites is 1. The SMILES string of the molecule is CC(C)OC(=O)C(C)N.CC(C)OC(=O)[C@H](C)NP(=O)(Cl)Oc1ccccc1.C[C@]1(F)[C@H](N2C=CC(=O)CC2=O)O[C@](F)(CO)[C@H]1O.C[P+](=O)OC[C@@]1(F)O[C@@H](N2C=CC(=O)CC2=O)[C@](C)(F)[C@@H]1O. The summed E-state index contributed by atoms with van der Waals surface area (Å²) in [6.45, 7) is 7.18. The first-order chi connectivity index (χ1) is 31.6. The van der Waals surface area contributed by atoms with E-state index in [4.69, 9.17) is 40.8 Å². The molecule has 12 atom stereocenters. The molecule has 2 fully saturated rings. The third kappa shape index (κ3) is 17.2. The second-order valence-electron chi connectivity index (χ2n) is 16.5. The Morgan fingerprint density at radius 2 is 1.26 bits per heavy atom. The Hall–Kier alpha value is -4.26. The molecule has 69 heavy (non-hydrogen) atoms. The monoisotopic (exact) mass is 1050 g/mol. The van der Waals surface area contributed by atoms with Crippen LogP contribution in [-0.4, -0.2) is 152 Å². The van der Waals surface area contributed by atoms with E-state index >= 15 is 0 Å². The number of alkyl halides is 4. The molecular weight excluding hydrogens is 994 g/mol. The van der Waals surface area contributed by atoms with Crippen molar-refractivity contribution in [1.29, 1.82) is 0 Å². The van der Waals surface area contributed by atoms with Gasteiger partial charge >= 0.3 is 26.8 Å². The predicted molar refractivity (Wildman–Crippen MR) is 235 cm³/mol. The minimum atomic E-state index is -3.65. The van der Waals surface area contributed by atoms with Gasteiger partial charge in [-0.2, -0.15) is 0 Å². The summed E-state index contributed by atoms with van der Waals surface area (Å²) in [5.74, 6) is -8.97. The van der Waals surface area contributed by atoms with Crippen LogP contribution < -0.4 is 15.3 Å². The standard InChI is InChI=1S/C12H17ClNO4P.C12H15F2NO6P.C11H13F2NO5.C6H13NO2/c1-9(2)17-12(15)10(3)14-19(13,16)18-11-7-5-4-6-8-11;1-11(13)9(18)12(14,6-20-22(2)19)21-10(11)15-4-3-7(16)5-8(15)17;1-10(12)8(18)11(13,5-15)19-9(10)14-3-2-6(16)4-7(14)17;1-4(2)9-6(8)5(3)7/h4-10H,1-3H3,(H,14,16);3-4,9-10,18H,5-6H2,1-2H3;2-3,8-9,15,18H,4-5H2,1H3;4-5H,7H2,1-3H3/q;+1;;/t10-,19?;9-,10+,11+,12+;8-,9+,10+,11+;/m000./s1. The molecule has 0 spiro atoms. The first kappa shape index (κ1) is 60.9. The molecule has 2 amide bonds. The lowest BCUT2D eigenvalue weighted by Crippen LogP contribution is -2.52. The van der Waals surface area contributed by atoms with Crippen molar-refractivity contribution >= 4 is 61.5 Å². The van der Waals surface area contributed by atoms with Gasteiger partial charge in [0.15, 0.2) is 60.8 Å². The number of nitrogens with zero attached hydrogens (tertiary/aromatic N) is 2. The summed E-state index contributed by atoms with van der Waals surface area (Å²) in [6.07, 6.45) is -5.32. The molecule has 0 saturated carbocycles. The Labute approximate surface area is 400 Å². The number of benzene rings is 1. The lowest BCUT2D eigenvalue weighted by Gasteiger charge is -2.32. The summed E-state index contributed by atoms with van der Waals surface area (Å²) in [5, 5.41) is 30.7. The molecule has 0 aromatic heterocycles. The van der Waals surface area contributed by atoms with Crippen molar-refractivity contribution in [2.75, 3.05) is 19.9 Å². The van der Waals surface area contributed by atoms with Crippen molar-refractivity contribution in [3.63, 3.8) is 0 Å². The number of hydrogen-bond acceptors (Lipinski definition) is 18. The summed E-state index contributed by atoms with van der Waals surface area (Å²) in [7, 11) is -2.18. The summed E-state index contributed by atoms with van der Waals surface area (Å²) in [5.41, 5.74) is -0.0723. The van der Waals surface area contributed by atoms with Crippen LogP contribution >= 0.6 is 26.1 Å². The molecule has 4 aliphatic rings. The van der Waals surface area contributed by atoms with Crippen molar-refractivity contribution in [3.05, 3.63) is 54.9 Å². The maximum atomic E-state index is 14.7. The van der Waals surface area contributed by atoms with Crippen LogP contribution in [0.4, 0.5) is 17.6 Å². The third-order valence-corrected chi connectivity index (χ3v) is 11.6. The van der Waals surface area contributed by atoms with E-state index < -0.39 is 130 Å². The molecule has 2 saturated heterocycles. The fourth-order valence-electron chi connectivity index (χ4n) is 6.03. The van der Waals surface area contributed by atoms with Crippen LogP contribution in [0.25, 0.3) is 0 Å². The van der Waals surface area contributed by atoms with E-state index in [1.807, 2.05) is 0 Å². The normalized spacial score (nSPS) is 30.5. The molecule has 388 valence electrons. The number of halogens is 5. The van der Waals surface area contributed by atoms with Crippen molar-refractivity contribution in [2.24, 2.45) is 5.73 Å². The van der Waals surface area contributed by atoms with Crippen molar-refractivity contribution in [3.8, 4) is 5.75 Å². The van der Waals surface area contributed by atoms with Gasteiger partial charge < -0.3 is 44.5 Å². The van der Waals surface area contributed by atoms with Gasteiger partial charge in [-0.3, -0.25) is 38.6 Å². The number of hydrogen-bond donors (Lipinski definition) is 5. The zero-order valence-electron chi connectivity index (χ0n) is 39.0. The minimum absolute atomic E-state index is 0.0662. The lowest BCUT2D eigenvalue weighted by atomic mass is 9.96. The molecule has 0 aliphatic carbocycles. The smallest absolute Gasteiger partial charge is 0.462 e. The number of nitrogens with one attached hydrogen (secondary N) is 1. The molecule has 0 bridgehead atoms. The summed E-state index contributed by atoms with van der Waals surface area (Å²) < 4.78 is 109. The van der Waals surface area contributed by atoms with Crippen LogP contribution in [0.5, 0.6) is 5.75 Å².